The third-order valence-corrected chi connectivity index (χ3v) is 1.23. The normalized spacial score (nSPS) is 10.7. The van der Waals surface area contributed by atoms with Crippen molar-refractivity contribution < 1.29 is 13.2 Å². The largest absolute Gasteiger partial charge is 0.418 e. The van der Waals surface area contributed by atoms with E-state index >= 15 is 0 Å². The molecule has 4 nitrogen and oxygen atoms in total. The van der Waals surface area contributed by atoms with Crippen LogP contribution in [0.3, 0.4) is 0 Å². The molecule has 1 aromatic heterocycles. The summed E-state index contributed by atoms with van der Waals surface area (Å²) < 4.78 is 36.4. The molecule has 0 radical (unpaired) electrons. The second-order valence-electron chi connectivity index (χ2n) is 2.06. The Hall–Kier alpha value is -1.75. The Kier molecular flexibility index (Phi) is 2.39. The van der Waals surface area contributed by atoms with Crippen LogP contribution in [-0.4, -0.2) is 4.98 Å². The van der Waals surface area contributed by atoms with Crippen LogP contribution < -0.4 is 0 Å². The minimum atomic E-state index is -4.54. The van der Waals surface area contributed by atoms with Gasteiger partial charge in [-0.1, -0.05) is 0 Å². The molecular weight excluding hydrogens is 185 g/mol. The van der Waals surface area contributed by atoms with Gasteiger partial charge < -0.3 is 0 Å². The fraction of sp³-hybridized carbons (Fsp3) is 0.167. The summed E-state index contributed by atoms with van der Waals surface area (Å²) >= 11 is 0. The number of aromatic nitrogens is 1. The molecule has 0 saturated carbocycles. The molecule has 0 aliphatic heterocycles. The third kappa shape index (κ3) is 2.09. The van der Waals surface area contributed by atoms with Gasteiger partial charge in [0.05, 0.1) is 5.56 Å². The van der Waals surface area contributed by atoms with Crippen LogP contribution in [0, 0.1) is 0 Å². The zero-order valence-corrected chi connectivity index (χ0v) is 6.15. The van der Waals surface area contributed by atoms with Crippen LogP contribution in [0.4, 0.5) is 19.0 Å². The van der Waals surface area contributed by atoms with Crippen LogP contribution in [0.2, 0.25) is 0 Å². The molecular formula is C6H3F3N4. The van der Waals surface area contributed by atoms with Crippen molar-refractivity contribution in [2.75, 3.05) is 0 Å². The molecule has 0 aromatic carbocycles. The lowest BCUT2D eigenvalue weighted by molar-refractivity contribution is -0.137. The number of hydrogen-bond donors (Lipinski definition) is 0. The average Bonchev–Trinajstić information content (AvgIpc) is 2.04. The van der Waals surface area contributed by atoms with E-state index in [9.17, 15) is 13.2 Å². The molecule has 68 valence electrons. The molecule has 7 heteroatoms. The number of hydrogen-bond acceptors (Lipinski definition) is 2. The molecule has 0 aliphatic carbocycles. The molecule has 0 fully saturated rings. The topological polar surface area (TPSA) is 61.7 Å². The van der Waals surface area contributed by atoms with Crippen molar-refractivity contribution in [2.45, 2.75) is 6.18 Å². The van der Waals surface area contributed by atoms with E-state index in [2.05, 4.69) is 15.0 Å². The van der Waals surface area contributed by atoms with Gasteiger partial charge in [0.15, 0.2) is 0 Å². The van der Waals surface area contributed by atoms with E-state index in [1.54, 1.807) is 0 Å². The Morgan fingerprint density at radius 1 is 1.46 bits per heavy atom. The maximum absolute atomic E-state index is 12.1. The Bertz CT molecular complexity index is 353. The number of azide groups is 1. The smallest absolute Gasteiger partial charge is 0.254 e. The quantitative estimate of drug-likeness (QED) is 0.379. The van der Waals surface area contributed by atoms with Crippen LogP contribution in [0.15, 0.2) is 23.4 Å². The molecule has 0 atom stereocenters. The highest BCUT2D eigenvalue weighted by molar-refractivity contribution is 5.39. The number of rotatable bonds is 1. The van der Waals surface area contributed by atoms with E-state index in [1.165, 1.54) is 0 Å². The summed E-state index contributed by atoms with van der Waals surface area (Å²) in [5.74, 6) is -0.655. The zero-order chi connectivity index (χ0) is 9.90. The molecule has 13 heavy (non-hydrogen) atoms. The summed E-state index contributed by atoms with van der Waals surface area (Å²) in [5.41, 5.74) is 6.93. The average molecular weight is 188 g/mol. The fourth-order valence-electron chi connectivity index (χ4n) is 0.740. The van der Waals surface area contributed by atoms with E-state index < -0.39 is 17.6 Å². The number of nitrogens with zero attached hydrogens (tertiary/aromatic N) is 4. The van der Waals surface area contributed by atoms with E-state index in [-0.39, 0.29) is 0 Å². The summed E-state index contributed by atoms with van der Waals surface area (Å²) in [7, 11) is 0. The lowest BCUT2D eigenvalue weighted by atomic mass is 10.2. The van der Waals surface area contributed by atoms with Gasteiger partial charge in [-0.25, -0.2) is 0 Å². The molecule has 0 N–H and O–H groups in total. The van der Waals surface area contributed by atoms with Crippen molar-refractivity contribution in [1.82, 2.24) is 4.98 Å². The molecule has 1 heterocycles. The lowest BCUT2D eigenvalue weighted by Gasteiger charge is -2.07. The number of alkyl halides is 3. The zero-order valence-electron chi connectivity index (χ0n) is 6.15. The number of pyridine rings is 1. The van der Waals surface area contributed by atoms with Crippen molar-refractivity contribution in [3.63, 3.8) is 0 Å². The van der Waals surface area contributed by atoms with Gasteiger partial charge in [-0.3, -0.25) is 4.98 Å². The second-order valence-corrected chi connectivity index (χ2v) is 2.06. The van der Waals surface area contributed by atoms with Gasteiger partial charge in [-0.05, 0) is 22.8 Å². The summed E-state index contributed by atoms with van der Waals surface area (Å²) in [6, 6.07) is 1.93. The first-order chi connectivity index (χ1) is 6.05. The third-order valence-electron chi connectivity index (χ3n) is 1.23. The van der Waals surface area contributed by atoms with Gasteiger partial charge in [-0.2, -0.15) is 13.2 Å². The van der Waals surface area contributed by atoms with Gasteiger partial charge in [0.25, 0.3) is 0 Å². The molecule has 0 spiro atoms. The van der Waals surface area contributed by atoms with E-state index in [0.717, 1.165) is 18.3 Å². The van der Waals surface area contributed by atoms with Gasteiger partial charge in [0, 0.05) is 11.1 Å². The Labute approximate surface area is 70.6 Å². The lowest BCUT2D eigenvalue weighted by Crippen LogP contribution is -2.05. The molecule has 0 unspecified atom stereocenters. The van der Waals surface area contributed by atoms with E-state index in [1.807, 2.05) is 0 Å². The van der Waals surface area contributed by atoms with Crippen LogP contribution in [0.5, 0.6) is 0 Å². The highest BCUT2D eigenvalue weighted by Gasteiger charge is 2.33. The van der Waals surface area contributed by atoms with Crippen LogP contribution in [-0.2, 0) is 6.18 Å². The van der Waals surface area contributed by atoms with Gasteiger partial charge in [0.1, 0.15) is 5.82 Å². The summed E-state index contributed by atoms with van der Waals surface area (Å²) in [6.45, 7) is 0. The van der Waals surface area contributed by atoms with Crippen molar-refractivity contribution in [2.24, 2.45) is 5.11 Å². The molecule has 0 saturated heterocycles. The van der Waals surface area contributed by atoms with Crippen molar-refractivity contribution in [3.05, 3.63) is 34.3 Å². The maximum Gasteiger partial charge on any atom is 0.418 e. The summed E-state index contributed by atoms with van der Waals surface area (Å²) in [6.07, 6.45) is -3.42. The molecule has 0 aliphatic rings. The predicted octanol–water partition coefficient (Wildman–Crippen LogP) is 3.04. The van der Waals surface area contributed by atoms with E-state index in [4.69, 9.17) is 5.53 Å². The van der Waals surface area contributed by atoms with Crippen molar-refractivity contribution in [1.29, 1.82) is 0 Å². The first-order valence-corrected chi connectivity index (χ1v) is 3.13. The molecule has 1 aromatic rings. The van der Waals surface area contributed by atoms with Crippen LogP contribution in [0.1, 0.15) is 5.56 Å². The highest BCUT2D eigenvalue weighted by Crippen LogP contribution is 2.34. The number of halogens is 3. The standard InChI is InChI=1S/C6H3F3N4/c7-6(8,9)4-2-1-3-11-5(4)12-13-10/h1-3H. The summed E-state index contributed by atoms with van der Waals surface area (Å²) in [5, 5.41) is 2.82. The minimum absolute atomic E-state index is 0.655. The predicted molar refractivity (Wildman–Crippen MR) is 38.0 cm³/mol. The SMILES string of the molecule is [N-]=[N+]=Nc1ncccc1C(F)(F)F. The Balaban J connectivity index is 3.27. The summed E-state index contributed by atoms with van der Waals surface area (Å²) in [4.78, 5) is 5.54. The highest BCUT2D eigenvalue weighted by atomic mass is 19.4. The second kappa shape index (κ2) is 3.32. The van der Waals surface area contributed by atoms with Crippen LogP contribution in [0.25, 0.3) is 10.4 Å². The van der Waals surface area contributed by atoms with Crippen molar-refractivity contribution in [3.8, 4) is 0 Å². The first kappa shape index (κ1) is 9.34. The molecule has 1 rings (SSSR count). The monoisotopic (exact) mass is 188 g/mol. The maximum atomic E-state index is 12.1. The fourth-order valence-corrected chi connectivity index (χ4v) is 0.740. The van der Waals surface area contributed by atoms with Crippen LogP contribution >= 0.6 is 0 Å². The molecule has 0 bridgehead atoms. The van der Waals surface area contributed by atoms with E-state index in [0.29, 0.717) is 0 Å². The Morgan fingerprint density at radius 2 is 2.15 bits per heavy atom. The minimum Gasteiger partial charge on any atom is -0.254 e. The van der Waals surface area contributed by atoms with Crippen molar-refractivity contribution >= 4 is 5.82 Å². The first-order valence-electron chi connectivity index (χ1n) is 3.13. The molecule has 0 amide bonds. The van der Waals surface area contributed by atoms with Gasteiger partial charge in [-0.15, -0.1) is 0 Å². The van der Waals surface area contributed by atoms with Gasteiger partial charge >= 0.3 is 6.18 Å². The van der Waals surface area contributed by atoms with Gasteiger partial charge in [0.2, 0.25) is 0 Å². The Morgan fingerprint density at radius 3 is 2.69 bits per heavy atom.